The first kappa shape index (κ1) is 10.9. The summed E-state index contributed by atoms with van der Waals surface area (Å²) >= 11 is 0. The molecule has 2 aliphatic heterocycles. The van der Waals surface area contributed by atoms with Gasteiger partial charge in [-0.1, -0.05) is 0 Å². The number of rotatable bonds is 1. The molecule has 0 atom stereocenters. The van der Waals surface area contributed by atoms with Crippen molar-refractivity contribution < 1.29 is 9.53 Å². The zero-order valence-corrected chi connectivity index (χ0v) is 9.45. The van der Waals surface area contributed by atoms with E-state index >= 15 is 0 Å². The Balaban J connectivity index is 1.97. The second-order valence-electron chi connectivity index (χ2n) is 4.76. The monoisotopic (exact) mass is 212 g/mol. The highest BCUT2D eigenvalue weighted by molar-refractivity contribution is 5.47. The maximum absolute atomic E-state index is 10.6. The topological polar surface area (TPSA) is 32.8 Å². The van der Waals surface area contributed by atoms with Crippen LogP contribution in [0.1, 0.15) is 19.3 Å². The summed E-state index contributed by atoms with van der Waals surface area (Å²) in [6.45, 7) is 4.69. The summed E-state index contributed by atoms with van der Waals surface area (Å²) in [5.74, 6) is 0. The highest BCUT2D eigenvalue weighted by Gasteiger charge is 2.37. The number of carbonyl (C=O) groups excluding carboxylic acids is 1. The fourth-order valence-corrected chi connectivity index (χ4v) is 2.58. The predicted molar refractivity (Wildman–Crippen MR) is 57.7 cm³/mol. The fraction of sp³-hybridized carbons (Fsp3) is 0.909. The summed E-state index contributed by atoms with van der Waals surface area (Å²) < 4.78 is 6.01. The summed E-state index contributed by atoms with van der Waals surface area (Å²) in [5.41, 5.74) is 0.0186. The second kappa shape index (κ2) is 4.49. The molecular weight excluding hydrogens is 192 g/mol. The number of hydrogen-bond acceptors (Lipinski definition) is 3. The van der Waals surface area contributed by atoms with E-state index in [-0.39, 0.29) is 5.60 Å². The average molecular weight is 212 g/mol. The summed E-state index contributed by atoms with van der Waals surface area (Å²) in [7, 11) is 2.16. The van der Waals surface area contributed by atoms with Gasteiger partial charge in [0, 0.05) is 32.8 Å². The van der Waals surface area contributed by atoms with Crippen LogP contribution in [0.3, 0.4) is 0 Å². The summed E-state index contributed by atoms with van der Waals surface area (Å²) in [6.07, 6.45) is 4.04. The van der Waals surface area contributed by atoms with Gasteiger partial charge in [-0.3, -0.25) is 4.79 Å². The Morgan fingerprint density at radius 3 is 2.67 bits per heavy atom. The van der Waals surface area contributed by atoms with Gasteiger partial charge in [-0.2, -0.15) is 0 Å². The van der Waals surface area contributed by atoms with Crippen LogP contribution in [0, 0.1) is 0 Å². The third-order valence-electron chi connectivity index (χ3n) is 3.51. The van der Waals surface area contributed by atoms with Gasteiger partial charge in [0.05, 0.1) is 5.60 Å². The Labute approximate surface area is 91.2 Å². The molecule has 4 nitrogen and oxygen atoms in total. The number of hydrogen-bond donors (Lipinski definition) is 0. The maximum Gasteiger partial charge on any atom is 0.209 e. The lowest BCUT2D eigenvalue weighted by Crippen LogP contribution is -2.50. The largest absolute Gasteiger partial charge is 0.373 e. The van der Waals surface area contributed by atoms with Crippen molar-refractivity contribution in [2.24, 2.45) is 0 Å². The van der Waals surface area contributed by atoms with E-state index in [1.165, 1.54) is 0 Å². The minimum absolute atomic E-state index is 0.0186. The molecule has 0 saturated carbocycles. The number of nitrogens with zero attached hydrogens (tertiary/aromatic N) is 2. The Hall–Kier alpha value is -0.610. The van der Waals surface area contributed by atoms with Crippen molar-refractivity contribution in [3.63, 3.8) is 0 Å². The van der Waals surface area contributed by atoms with Crippen LogP contribution in [0.25, 0.3) is 0 Å². The van der Waals surface area contributed by atoms with Crippen LogP contribution in [-0.2, 0) is 9.53 Å². The second-order valence-corrected chi connectivity index (χ2v) is 4.76. The maximum atomic E-state index is 10.6. The van der Waals surface area contributed by atoms with Gasteiger partial charge in [-0.15, -0.1) is 0 Å². The van der Waals surface area contributed by atoms with Gasteiger partial charge < -0.3 is 14.5 Å². The van der Waals surface area contributed by atoms with E-state index in [1.807, 2.05) is 4.90 Å². The van der Waals surface area contributed by atoms with Crippen LogP contribution < -0.4 is 0 Å². The van der Waals surface area contributed by atoms with E-state index < -0.39 is 0 Å². The van der Waals surface area contributed by atoms with Gasteiger partial charge in [-0.25, -0.2) is 0 Å². The molecule has 2 aliphatic rings. The smallest absolute Gasteiger partial charge is 0.209 e. The standard InChI is InChI=1S/C11H20N2O2/c1-12-5-2-8-15-11(9-12)3-6-13(10-14)7-4-11/h10H,2-9H2,1H3. The summed E-state index contributed by atoms with van der Waals surface area (Å²) in [6, 6.07) is 0. The van der Waals surface area contributed by atoms with Crippen molar-refractivity contribution in [3.8, 4) is 0 Å². The van der Waals surface area contributed by atoms with Gasteiger partial charge in [0.2, 0.25) is 6.41 Å². The van der Waals surface area contributed by atoms with E-state index in [2.05, 4.69) is 11.9 Å². The molecule has 4 heteroatoms. The molecule has 2 heterocycles. The Kier molecular flexibility index (Phi) is 3.26. The predicted octanol–water partition coefficient (Wildman–Crippen LogP) is 0.329. The molecule has 0 aromatic rings. The van der Waals surface area contributed by atoms with Crippen LogP contribution in [0.2, 0.25) is 0 Å². The molecule has 86 valence electrons. The number of carbonyl (C=O) groups is 1. The molecule has 0 aromatic heterocycles. The quantitative estimate of drug-likeness (QED) is 0.587. The summed E-state index contributed by atoms with van der Waals surface area (Å²) in [5, 5.41) is 0. The lowest BCUT2D eigenvalue weighted by molar-refractivity contribution is -0.125. The number of likely N-dealkylation sites (N-methyl/N-ethyl adjacent to an activating group) is 1. The third-order valence-corrected chi connectivity index (χ3v) is 3.51. The molecule has 1 spiro atoms. The molecule has 2 fully saturated rings. The average Bonchev–Trinajstić information content (AvgIpc) is 2.42. The van der Waals surface area contributed by atoms with E-state index in [0.717, 1.165) is 58.5 Å². The van der Waals surface area contributed by atoms with Crippen LogP contribution in [-0.4, -0.2) is 61.6 Å². The van der Waals surface area contributed by atoms with Crippen molar-refractivity contribution >= 4 is 6.41 Å². The Morgan fingerprint density at radius 1 is 1.27 bits per heavy atom. The number of amides is 1. The van der Waals surface area contributed by atoms with Crippen molar-refractivity contribution in [2.75, 3.05) is 39.8 Å². The highest BCUT2D eigenvalue weighted by atomic mass is 16.5. The van der Waals surface area contributed by atoms with Crippen LogP contribution in [0.5, 0.6) is 0 Å². The first-order valence-electron chi connectivity index (χ1n) is 5.76. The van der Waals surface area contributed by atoms with Gasteiger partial charge in [0.1, 0.15) is 0 Å². The molecule has 0 aliphatic carbocycles. The van der Waals surface area contributed by atoms with Crippen molar-refractivity contribution in [1.29, 1.82) is 0 Å². The zero-order chi connectivity index (χ0) is 10.7. The molecule has 0 unspecified atom stereocenters. The fourth-order valence-electron chi connectivity index (χ4n) is 2.58. The number of piperidine rings is 1. The molecule has 15 heavy (non-hydrogen) atoms. The number of likely N-dealkylation sites (tertiary alicyclic amines) is 1. The first-order chi connectivity index (χ1) is 7.24. The van der Waals surface area contributed by atoms with E-state index in [0.29, 0.717) is 0 Å². The van der Waals surface area contributed by atoms with Gasteiger partial charge in [0.25, 0.3) is 0 Å². The van der Waals surface area contributed by atoms with Crippen molar-refractivity contribution in [2.45, 2.75) is 24.9 Å². The Bertz CT molecular complexity index is 225. The van der Waals surface area contributed by atoms with Crippen LogP contribution in [0.15, 0.2) is 0 Å². The summed E-state index contributed by atoms with van der Waals surface area (Å²) in [4.78, 5) is 14.8. The Morgan fingerprint density at radius 2 is 2.00 bits per heavy atom. The van der Waals surface area contributed by atoms with E-state index in [4.69, 9.17) is 4.74 Å². The molecule has 1 amide bonds. The molecular formula is C11H20N2O2. The normalized spacial score (nSPS) is 27.7. The van der Waals surface area contributed by atoms with Crippen molar-refractivity contribution in [1.82, 2.24) is 9.80 Å². The lowest BCUT2D eigenvalue weighted by Gasteiger charge is -2.41. The lowest BCUT2D eigenvalue weighted by atomic mass is 9.91. The molecule has 0 aromatic carbocycles. The zero-order valence-electron chi connectivity index (χ0n) is 9.45. The molecule has 2 rings (SSSR count). The van der Waals surface area contributed by atoms with Gasteiger partial charge >= 0.3 is 0 Å². The third kappa shape index (κ3) is 2.49. The van der Waals surface area contributed by atoms with Crippen LogP contribution >= 0.6 is 0 Å². The highest BCUT2D eigenvalue weighted by Crippen LogP contribution is 2.28. The van der Waals surface area contributed by atoms with E-state index in [1.54, 1.807) is 0 Å². The van der Waals surface area contributed by atoms with Gasteiger partial charge in [0.15, 0.2) is 0 Å². The molecule has 0 radical (unpaired) electrons. The SMILES string of the molecule is CN1CCCOC2(CCN(C=O)CC2)C1. The minimum atomic E-state index is 0.0186. The van der Waals surface area contributed by atoms with E-state index in [9.17, 15) is 4.79 Å². The number of ether oxygens (including phenoxy) is 1. The van der Waals surface area contributed by atoms with Gasteiger partial charge in [-0.05, 0) is 26.3 Å². The molecule has 2 saturated heterocycles. The molecule has 0 N–H and O–H groups in total. The first-order valence-corrected chi connectivity index (χ1v) is 5.76. The molecule has 0 bridgehead atoms. The minimum Gasteiger partial charge on any atom is -0.373 e. The van der Waals surface area contributed by atoms with Crippen molar-refractivity contribution in [3.05, 3.63) is 0 Å². The van der Waals surface area contributed by atoms with Crippen LogP contribution in [0.4, 0.5) is 0 Å².